The van der Waals surface area contributed by atoms with Crippen LogP contribution >= 0.6 is 15.6 Å². The van der Waals surface area contributed by atoms with E-state index < -0.39 is 15.6 Å². The SMILES string of the molecule is CC#N.O=P([O-])([O-])OP(=O)([O-])[O-].[K+].[K+].[K+].[K+]. The van der Waals surface area contributed by atoms with Crippen LogP contribution in [0, 0.1) is 11.3 Å². The molecule has 0 aromatic carbocycles. The van der Waals surface area contributed by atoms with Crippen LogP contribution in [0.3, 0.4) is 0 Å². The zero-order valence-corrected chi connectivity index (χ0v) is 24.0. The van der Waals surface area contributed by atoms with Crippen molar-refractivity contribution in [3.63, 3.8) is 0 Å². The maximum atomic E-state index is 9.32. The van der Waals surface area contributed by atoms with E-state index in [1.807, 2.05) is 0 Å². The predicted octanol–water partition coefficient (Wildman–Crippen LogP) is -14.8. The van der Waals surface area contributed by atoms with Crippen molar-refractivity contribution >= 4 is 15.6 Å². The summed E-state index contributed by atoms with van der Waals surface area (Å²) < 4.78 is 21.2. The largest absolute Gasteiger partial charge is 1.00 e. The summed E-state index contributed by atoms with van der Waals surface area (Å²) in [5, 5.41) is 7.32. The molecule has 0 unspecified atom stereocenters. The van der Waals surface area contributed by atoms with Gasteiger partial charge in [0.2, 0.25) is 0 Å². The van der Waals surface area contributed by atoms with E-state index in [0.717, 1.165) is 0 Å². The number of nitrogens with zero attached hydrogens (tertiary/aromatic N) is 1. The fourth-order valence-electron chi connectivity index (χ4n) is 0.122. The van der Waals surface area contributed by atoms with E-state index in [0.29, 0.717) is 0 Å². The van der Waals surface area contributed by atoms with Gasteiger partial charge in [-0.05, 0) is 0 Å². The molecule has 0 saturated carbocycles. The van der Waals surface area contributed by atoms with Crippen LogP contribution < -0.4 is 225 Å². The molecule has 0 rings (SSSR count). The van der Waals surface area contributed by atoms with Crippen LogP contribution in [0.5, 0.6) is 0 Å². The normalized spacial score (nSPS) is 8.25. The number of hydrogen-bond acceptors (Lipinski definition) is 8. The van der Waals surface area contributed by atoms with Gasteiger partial charge in [0.15, 0.2) is 0 Å². The molecule has 0 radical (unpaired) electrons. The Morgan fingerprint density at radius 1 is 0.938 bits per heavy atom. The van der Waals surface area contributed by atoms with E-state index in [4.69, 9.17) is 5.26 Å². The minimum absolute atomic E-state index is 0. The summed E-state index contributed by atoms with van der Waals surface area (Å²) in [4.78, 5) is 37.3. The predicted molar refractivity (Wildman–Crippen MR) is 27.6 cm³/mol. The minimum Gasteiger partial charge on any atom is -0.790 e. The molecule has 0 spiro atoms. The number of nitriles is 1. The van der Waals surface area contributed by atoms with E-state index >= 15 is 0 Å². The summed E-state index contributed by atoms with van der Waals surface area (Å²) in [7, 11) is -11.4. The molecule has 8 nitrogen and oxygen atoms in total. The van der Waals surface area contributed by atoms with Gasteiger partial charge in [-0.25, -0.2) is 0 Å². The molecule has 0 heterocycles. The second-order valence-electron chi connectivity index (χ2n) is 1.20. The smallest absolute Gasteiger partial charge is 0.790 e. The Morgan fingerprint density at radius 2 is 1.06 bits per heavy atom. The maximum absolute atomic E-state index is 9.32. The topological polar surface area (TPSA) is 159 Å². The maximum Gasteiger partial charge on any atom is 1.00 e. The van der Waals surface area contributed by atoms with Crippen molar-refractivity contribution < 1.29 is 239 Å². The van der Waals surface area contributed by atoms with E-state index in [9.17, 15) is 28.7 Å². The molecule has 72 valence electrons. The number of rotatable bonds is 2. The van der Waals surface area contributed by atoms with Crippen LogP contribution in [0.2, 0.25) is 0 Å². The molecule has 0 aromatic rings. The molecular formula is C2H3K4NO7P2. The summed E-state index contributed by atoms with van der Waals surface area (Å²) in [5.74, 6) is 0. The summed E-state index contributed by atoms with van der Waals surface area (Å²) in [6.07, 6.45) is 0. The van der Waals surface area contributed by atoms with Gasteiger partial charge >= 0.3 is 206 Å². The Kier molecular flexibility index (Phi) is 50.7. The fourth-order valence-corrected chi connectivity index (χ4v) is 1.10. The average Bonchev–Trinajstić information content (AvgIpc) is 1.53. The fraction of sp³-hybridized carbons (Fsp3) is 0.500. The first kappa shape index (κ1) is 38.1. The second-order valence-corrected chi connectivity index (χ2v) is 3.64. The van der Waals surface area contributed by atoms with Gasteiger partial charge in [-0.2, -0.15) is 5.26 Å². The van der Waals surface area contributed by atoms with Gasteiger partial charge in [0.05, 0.1) is 21.7 Å². The molecule has 0 aliphatic carbocycles. The number of phosphoric acid groups is 2. The standard InChI is InChI=1S/C2H3N.4K.H4O7P2/c1-2-3;;;;;1-8(2,3)7-9(4,5)6/h1H3;;;;;(H2,1,2,3)(H2,4,5,6)/q;4*+1;/p-4. The van der Waals surface area contributed by atoms with Crippen LogP contribution in [-0.4, -0.2) is 0 Å². The molecule has 0 aromatic heterocycles. The zero-order valence-electron chi connectivity index (χ0n) is 9.70. The number of hydrogen-bond donors (Lipinski definition) is 0. The van der Waals surface area contributed by atoms with Crippen molar-refractivity contribution in [1.29, 1.82) is 5.26 Å². The van der Waals surface area contributed by atoms with Gasteiger partial charge in [-0.15, -0.1) is 0 Å². The average molecular weight is 371 g/mol. The molecule has 0 fully saturated rings. The first-order valence-corrected chi connectivity index (χ1v) is 5.11. The van der Waals surface area contributed by atoms with E-state index in [1.54, 1.807) is 6.07 Å². The van der Waals surface area contributed by atoms with Crippen LogP contribution in [0.4, 0.5) is 0 Å². The van der Waals surface area contributed by atoms with Crippen molar-refractivity contribution in [2.45, 2.75) is 6.92 Å². The van der Waals surface area contributed by atoms with Gasteiger partial charge in [0, 0.05) is 6.92 Å². The van der Waals surface area contributed by atoms with Crippen LogP contribution in [0.1, 0.15) is 6.92 Å². The first-order valence-electron chi connectivity index (χ1n) is 2.18. The van der Waals surface area contributed by atoms with Gasteiger partial charge in [-0.3, -0.25) is 0 Å². The Morgan fingerprint density at radius 3 is 1.06 bits per heavy atom. The summed E-state index contributed by atoms with van der Waals surface area (Å²) in [5.41, 5.74) is 0. The molecule has 0 aliphatic heterocycles. The molecule has 16 heavy (non-hydrogen) atoms. The third-order valence-corrected chi connectivity index (χ3v) is 1.80. The molecular weight excluding hydrogens is 368 g/mol. The van der Waals surface area contributed by atoms with Crippen LogP contribution in [-0.2, 0) is 13.4 Å². The van der Waals surface area contributed by atoms with E-state index in [-0.39, 0.29) is 206 Å². The van der Waals surface area contributed by atoms with E-state index in [2.05, 4.69) is 4.31 Å². The quantitative estimate of drug-likeness (QED) is 0.342. The molecule has 0 aliphatic rings. The Bertz CT molecular complexity index is 236. The van der Waals surface area contributed by atoms with E-state index in [1.165, 1.54) is 6.92 Å². The molecule has 0 saturated heterocycles. The molecule has 0 bridgehead atoms. The molecule has 0 atom stereocenters. The van der Waals surface area contributed by atoms with Crippen molar-refractivity contribution in [2.75, 3.05) is 0 Å². The minimum atomic E-state index is -5.68. The van der Waals surface area contributed by atoms with Crippen molar-refractivity contribution in [1.82, 2.24) is 0 Å². The Labute approximate surface area is 264 Å². The summed E-state index contributed by atoms with van der Waals surface area (Å²) in [6.45, 7) is 1.43. The summed E-state index contributed by atoms with van der Waals surface area (Å²) in [6, 6.07) is 1.75. The van der Waals surface area contributed by atoms with Crippen molar-refractivity contribution in [3.8, 4) is 6.07 Å². The van der Waals surface area contributed by atoms with Crippen molar-refractivity contribution in [2.24, 2.45) is 0 Å². The Balaban J connectivity index is -0.0000000324. The van der Waals surface area contributed by atoms with Crippen molar-refractivity contribution in [3.05, 3.63) is 0 Å². The van der Waals surface area contributed by atoms with Crippen LogP contribution in [0.15, 0.2) is 0 Å². The summed E-state index contributed by atoms with van der Waals surface area (Å²) >= 11 is 0. The van der Waals surface area contributed by atoms with Gasteiger partial charge in [0.25, 0.3) is 0 Å². The third kappa shape index (κ3) is 50.0. The van der Waals surface area contributed by atoms with Crippen LogP contribution in [0.25, 0.3) is 0 Å². The monoisotopic (exact) mass is 371 g/mol. The van der Waals surface area contributed by atoms with Gasteiger partial charge in [-0.1, -0.05) is 0 Å². The Hall–Kier alpha value is 6.30. The van der Waals surface area contributed by atoms with Gasteiger partial charge < -0.3 is 33.0 Å². The van der Waals surface area contributed by atoms with Gasteiger partial charge in [0.1, 0.15) is 0 Å². The molecule has 14 heteroatoms. The second kappa shape index (κ2) is 21.3. The first-order chi connectivity index (χ1) is 5.12. The molecule has 0 N–H and O–H groups in total. The zero-order chi connectivity index (χ0) is 10.4. The molecule has 0 amide bonds. The third-order valence-electron chi connectivity index (χ3n) is 0.200.